The number of aromatic nitrogens is 2. The summed E-state index contributed by atoms with van der Waals surface area (Å²) in [5.74, 6) is 0. The molecule has 0 amide bonds. The summed E-state index contributed by atoms with van der Waals surface area (Å²) in [6.45, 7) is 5.37. The molecule has 1 saturated heterocycles. The zero-order valence-corrected chi connectivity index (χ0v) is 12.6. The Bertz CT molecular complexity index is 587. The van der Waals surface area contributed by atoms with Gasteiger partial charge in [-0.2, -0.15) is 5.10 Å². The number of hydrogen-bond acceptors (Lipinski definition) is 3. The number of likely N-dealkylation sites (tertiary alicyclic amines) is 1. The van der Waals surface area contributed by atoms with Crippen LogP contribution >= 0.6 is 0 Å². The number of benzene rings is 1. The van der Waals surface area contributed by atoms with E-state index in [9.17, 15) is 0 Å². The summed E-state index contributed by atoms with van der Waals surface area (Å²) in [6, 6.07) is 9.20. The fourth-order valence-corrected chi connectivity index (χ4v) is 3.06. The minimum Gasteiger partial charge on any atom is -0.394 e. The maximum absolute atomic E-state index is 8.97. The highest BCUT2D eigenvalue weighted by atomic mass is 16.3. The van der Waals surface area contributed by atoms with Crippen LogP contribution in [0.15, 0.2) is 36.7 Å². The SMILES string of the molecule is CC(c1cccc(-c2cnn(CCO)c2)c1)N1CCCC1. The monoisotopic (exact) mass is 285 g/mol. The third-order valence-electron chi connectivity index (χ3n) is 4.35. The molecule has 4 heteroatoms. The van der Waals surface area contributed by atoms with E-state index in [1.54, 1.807) is 4.68 Å². The van der Waals surface area contributed by atoms with Crippen LogP contribution in [-0.2, 0) is 6.54 Å². The Labute approximate surface area is 126 Å². The Hall–Kier alpha value is -1.65. The molecule has 0 spiro atoms. The molecule has 1 aliphatic rings. The molecular formula is C17H23N3O. The second-order valence-electron chi connectivity index (χ2n) is 5.76. The molecule has 0 aliphatic carbocycles. The zero-order chi connectivity index (χ0) is 14.7. The molecule has 21 heavy (non-hydrogen) atoms. The molecular weight excluding hydrogens is 262 g/mol. The van der Waals surface area contributed by atoms with Gasteiger partial charge in [0.2, 0.25) is 0 Å². The highest BCUT2D eigenvalue weighted by Gasteiger charge is 2.19. The summed E-state index contributed by atoms with van der Waals surface area (Å²) >= 11 is 0. The number of aliphatic hydroxyl groups excluding tert-OH is 1. The zero-order valence-electron chi connectivity index (χ0n) is 12.6. The van der Waals surface area contributed by atoms with Gasteiger partial charge in [0.25, 0.3) is 0 Å². The quantitative estimate of drug-likeness (QED) is 0.918. The Morgan fingerprint density at radius 1 is 1.24 bits per heavy atom. The summed E-state index contributed by atoms with van der Waals surface area (Å²) in [4.78, 5) is 2.55. The molecule has 0 saturated carbocycles. The first-order chi connectivity index (χ1) is 10.3. The first-order valence-electron chi connectivity index (χ1n) is 7.75. The molecule has 4 nitrogen and oxygen atoms in total. The van der Waals surface area contributed by atoms with E-state index in [0.717, 1.165) is 5.56 Å². The fourth-order valence-electron chi connectivity index (χ4n) is 3.06. The van der Waals surface area contributed by atoms with Crippen LogP contribution in [-0.4, -0.2) is 39.5 Å². The van der Waals surface area contributed by atoms with E-state index in [4.69, 9.17) is 5.11 Å². The smallest absolute Gasteiger partial charge is 0.0641 e. The molecule has 0 radical (unpaired) electrons. The van der Waals surface area contributed by atoms with Crippen LogP contribution in [0.3, 0.4) is 0 Å². The Kier molecular flexibility index (Phi) is 4.36. The van der Waals surface area contributed by atoms with Crippen LogP contribution in [0.2, 0.25) is 0 Å². The Morgan fingerprint density at radius 2 is 2.05 bits per heavy atom. The molecule has 1 fully saturated rings. The van der Waals surface area contributed by atoms with E-state index >= 15 is 0 Å². The summed E-state index contributed by atoms with van der Waals surface area (Å²) in [6.07, 6.45) is 6.50. The van der Waals surface area contributed by atoms with Crippen LogP contribution in [0.5, 0.6) is 0 Å². The average Bonchev–Trinajstić information content (AvgIpc) is 3.18. The first-order valence-corrected chi connectivity index (χ1v) is 7.75. The van der Waals surface area contributed by atoms with Gasteiger partial charge in [-0.3, -0.25) is 9.58 Å². The van der Waals surface area contributed by atoms with Gasteiger partial charge in [0.15, 0.2) is 0 Å². The van der Waals surface area contributed by atoms with Crippen molar-refractivity contribution in [2.24, 2.45) is 0 Å². The Balaban J connectivity index is 1.81. The lowest BCUT2D eigenvalue weighted by atomic mass is 10.0. The molecule has 1 atom stereocenters. The van der Waals surface area contributed by atoms with Crippen LogP contribution in [0.1, 0.15) is 31.4 Å². The summed E-state index contributed by atoms with van der Waals surface area (Å²) < 4.78 is 1.78. The third kappa shape index (κ3) is 3.17. The van der Waals surface area contributed by atoms with Crippen molar-refractivity contribution >= 4 is 0 Å². The second kappa shape index (κ2) is 6.41. The maximum Gasteiger partial charge on any atom is 0.0641 e. The predicted molar refractivity (Wildman–Crippen MR) is 84.0 cm³/mol. The van der Waals surface area contributed by atoms with Gasteiger partial charge in [0, 0.05) is 17.8 Å². The molecule has 0 bridgehead atoms. The van der Waals surface area contributed by atoms with Crippen molar-refractivity contribution in [3.05, 3.63) is 42.2 Å². The van der Waals surface area contributed by atoms with Gasteiger partial charge in [0.05, 0.1) is 19.3 Å². The average molecular weight is 285 g/mol. The number of aliphatic hydroxyl groups is 1. The molecule has 1 unspecified atom stereocenters. The van der Waals surface area contributed by atoms with Crippen LogP contribution in [0, 0.1) is 0 Å². The lowest BCUT2D eigenvalue weighted by molar-refractivity contribution is 0.263. The van der Waals surface area contributed by atoms with Crippen molar-refractivity contribution in [2.45, 2.75) is 32.4 Å². The minimum absolute atomic E-state index is 0.118. The van der Waals surface area contributed by atoms with Gasteiger partial charge >= 0.3 is 0 Å². The largest absolute Gasteiger partial charge is 0.394 e. The third-order valence-corrected chi connectivity index (χ3v) is 4.35. The first kappa shape index (κ1) is 14.3. The second-order valence-corrected chi connectivity index (χ2v) is 5.76. The predicted octanol–water partition coefficient (Wildman–Crippen LogP) is 2.70. The van der Waals surface area contributed by atoms with Crippen LogP contribution < -0.4 is 0 Å². The van der Waals surface area contributed by atoms with E-state index in [1.165, 1.54) is 37.1 Å². The normalized spacial score (nSPS) is 17.2. The van der Waals surface area contributed by atoms with Crippen molar-refractivity contribution in [1.29, 1.82) is 0 Å². The molecule has 2 aromatic rings. The topological polar surface area (TPSA) is 41.3 Å². The van der Waals surface area contributed by atoms with E-state index < -0.39 is 0 Å². The van der Waals surface area contributed by atoms with Crippen molar-refractivity contribution in [1.82, 2.24) is 14.7 Å². The number of hydrogen-bond donors (Lipinski definition) is 1. The van der Waals surface area contributed by atoms with Crippen molar-refractivity contribution in [3.63, 3.8) is 0 Å². The molecule has 112 valence electrons. The molecule has 1 aromatic carbocycles. The molecule has 2 heterocycles. The maximum atomic E-state index is 8.97. The lowest BCUT2D eigenvalue weighted by Gasteiger charge is -2.24. The lowest BCUT2D eigenvalue weighted by Crippen LogP contribution is -2.23. The summed E-state index contributed by atoms with van der Waals surface area (Å²) in [7, 11) is 0. The number of nitrogens with zero attached hydrogens (tertiary/aromatic N) is 3. The highest BCUT2D eigenvalue weighted by molar-refractivity contribution is 5.62. The van der Waals surface area contributed by atoms with Gasteiger partial charge < -0.3 is 5.11 Å². The molecule has 3 rings (SSSR count). The van der Waals surface area contributed by atoms with Gasteiger partial charge in [-0.25, -0.2) is 0 Å². The molecule has 1 aliphatic heterocycles. The summed E-state index contributed by atoms with van der Waals surface area (Å²) in [5.41, 5.74) is 3.67. The Morgan fingerprint density at radius 3 is 2.81 bits per heavy atom. The van der Waals surface area contributed by atoms with Gasteiger partial charge in [-0.05, 0) is 50.0 Å². The van der Waals surface area contributed by atoms with Crippen LogP contribution in [0.25, 0.3) is 11.1 Å². The van der Waals surface area contributed by atoms with Crippen LogP contribution in [0.4, 0.5) is 0 Å². The van der Waals surface area contributed by atoms with Gasteiger partial charge in [-0.15, -0.1) is 0 Å². The fraction of sp³-hybridized carbons (Fsp3) is 0.471. The molecule has 1 N–H and O–H groups in total. The van der Waals surface area contributed by atoms with Crippen molar-refractivity contribution in [2.75, 3.05) is 19.7 Å². The van der Waals surface area contributed by atoms with Crippen molar-refractivity contribution in [3.8, 4) is 11.1 Å². The van der Waals surface area contributed by atoms with Gasteiger partial charge in [0.1, 0.15) is 0 Å². The van der Waals surface area contributed by atoms with E-state index in [0.29, 0.717) is 12.6 Å². The van der Waals surface area contributed by atoms with E-state index in [-0.39, 0.29) is 6.61 Å². The summed E-state index contributed by atoms with van der Waals surface area (Å²) in [5, 5.41) is 13.3. The molecule has 1 aromatic heterocycles. The van der Waals surface area contributed by atoms with E-state index in [1.807, 2.05) is 12.4 Å². The minimum atomic E-state index is 0.118. The highest BCUT2D eigenvalue weighted by Crippen LogP contribution is 2.28. The van der Waals surface area contributed by atoms with Gasteiger partial charge in [-0.1, -0.05) is 18.2 Å². The van der Waals surface area contributed by atoms with E-state index in [2.05, 4.69) is 41.2 Å². The number of rotatable bonds is 5. The standard InChI is InChI=1S/C17H23N3O/c1-14(19-7-2-3-8-19)15-5-4-6-16(11-15)17-12-18-20(13-17)9-10-21/h4-6,11-14,21H,2-3,7-10H2,1H3. The van der Waals surface area contributed by atoms with Crippen molar-refractivity contribution < 1.29 is 5.11 Å².